The van der Waals surface area contributed by atoms with E-state index in [-0.39, 0.29) is 0 Å². The fourth-order valence-electron chi connectivity index (χ4n) is 2.81. The third-order valence-electron chi connectivity index (χ3n) is 3.23. The van der Waals surface area contributed by atoms with E-state index in [2.05, 4.69) is 18.7 Å². The van der Waals surface area contributed by atoms with Crippen molar-refractivity contribution >= 4 is 0 Å². The van der Waals surface area contributed by atoms with Crippen molar-refractivity contribution in [2.45, 2.75) is 38.6 Å². The van der Waals surface area contributed by atoms with E-state index in [4.69, 9.17) is 0 Å². The molecule has 1 unspecified atom stereocenters. The molecule has 2 saturated heterocycles. The molecule has 0 amide bonds. The Bertz CT molecular complexity index is 144. The van der Waals surface area contributed by atoms with Crippen LogP contribution >= 0.6 is 0 Å². The Morgan fingerprint density at radius 2 is 2.30 bits per heavy atom. The zero-order valence-electron chi connectivity index (χ0n) is 7.06. The van der Waals surface area contributed by atoms with Gasteiger partial charge in [0.05, 0.1) is 0 Å². The molecule has 10 heavy (non-hydrogen) atoms. The molecule has 2 heterocycles. The molecule has 0 N–H and O–H groups in total. The Labute approximate surface area is 63.4 Å². The molecular formula is C9H17N. The zero-order chi connectivity index (χ0) is 7.19. The summed E-state index contributed by atoms with van der Waals surface area (Å²) in [6.07, 6.45) is 4.31. The summed E-state index contributed by atoms with van der Waals surface area (Å²) < 4.78 is 0. The van der Waals surface area contributed by atoms with Crippen molar-refractivity contribution in [2.24, 2.45) is 5.92 Å². The molecule has 0 aromatic rings. The minimum Gasteiger partial charge on any atom is -0.298 e. The quantitative estimate of drug-likeness (QED) is 0.495. The van der Waals surface area contributed by atoms with Gasteiger partial charge >= 0.3 is 0 Å². The van der Waals surface area contributed by atoms with Crippen LogP contribution in [-0.2, 0) is 0 Å². The maximum atomic E-state index is 2.68. The molecule has 0 spiro atoms. The van der Waals surface area contributed by atoms with Crippen molar-refractivity contribution in [3.8, 4) is 0 Å². The second-order valence-electron chi connectivity index (χ2n) is 4.36. The van der Waals surface area contributed by atoms with Crippen molar-refractivity contribution < 1.29 is 0 Å². The highest BCUT2D eigenvalue weighted by molar-refractivity contribution is 4.98. The molecule has 0 aliphatic carbocycles. The summed E-state index contributed by atoms with van der Waals surface area (Å²) in [6.45, 7) is 7.53. The average molecular weight is 139 g/mol. The van der Waals surface area contributed by atoms with E-state index in [1.807, 2.05) is 0 Å². The van der Waals surface area contributed by atoms with E-state index in [1.54, 1.807) is 0 Å². The van der Waals surface area contributed by atoms with E-state index >= 15 is 0 Å². The molecular weight excluding hydrogens is 122 g/mol. The van der Waals surface area contributed by atoms with Gasteiger partial charge in [-0.3, -0.25) is 4.90 Å². The SMILES string of the molecule is CC1CN2CCC[C@@]2(C)C1. The summed E-state index contributed by atoms with van der Waals surface area (Å²) in [5, 5.41) is 0. The lowest BCUT2D eigenvalue weighted by Crippen LogP contribution is -2.34. The van der Waals surface area contributed by atoms with Gasteiger partial charge in [-0.25, -0.2) is 0 Å². The van der Waals surface area contributed by atoms with E-state index in [1.165, 1.54) is 32.4 Å². The lowest BCUT2D eigenvalue weighted by atomic mass is 9.93. The van der Waals surface area contributed by atoms with Crippen LogP contribution in [0.15, 0.2) is 0 Å². The lowest BCUT2D eigenvalue weighted by molar-refractivity contribution is 0.218. The van der Waals surface area contributed by atoms with Gasteiger partial charge in [0, 0.05) is 12.1 Å². The normalized spacial score (nSPS) is 48.0. The summed E-state index contributed by atoms with van der Waals surface area (Å²) >= 11 is 0. The standard InChI is InChI=1S/C9H17N/c1-8-6-9(2)4-3-5-10(9)7-8/h8H,3-7H2,1-2H3/t8?,9-/m0/s1. The monoisotopic (exact) mass is 139 g/mol. The molecule has 2 aliphatic heterocycles. The predicted molar refractivity (Wildman–Crippen MR) is 43.0 cm³/mol. The van der Waals surface area contributed by atoms with Crippen molar-refractivity contribution in [1.82, 2.24) is 4.90 Å². The number of fused-ring (bicyclic) bond motifs is 1. The number of rotatable bonds is 0. The molecule has 1 heteroatoms. The molecule has 2 aliphatic rings. The van der Waals surface area contributed by atoms with Gasteiger partial charge < -0.3 is 0 Å². The maximum Gasteiger partial charge on any atom is 0.0185 e. The zero-order valence-corrected chi connectivity index (χ0v) is 7.06. The van der Waals surface area contributed by atoms with Crippen LogP contribution in [0.25, 0.3) is 0 Å². The predicted octanol–water partition coefficient (Wildman–Crippen LogP) is 1.88. The van der Waals surface area contributed by atoms with Crippen LogP contribution in [0.3, 0.4) is 0 Å². The molecule has 1 nitrogen and oxygen atoms in total. The minimum atomic E-state index is 0.611. The molecule has 2 rings (SSSR count). The van der Waals surface area contributed by atoms with Crippen LogP contribution in [0, 0.1) is 5.92 Å². The van der Waals surface area contributed by atoms with Crippen molar-refractivity contribution in [1.29, 1.82) is 0 Å². The number of nitrogens with zero attached hydrogens (tertiary/aromatic N) is 1. The molecule has 0 aromatic carbocycles. The summed E-state index contributed by atoms with van der Waals surface area (Å²) in [4.78, 5) is 2.68. The second kappa shape index (κ2) is 1.97. The van der Waals surface area contributed by atoms with Gasteiger partial charge in [-0.05, 0) is 38.6 Å². The molecule has 2 fully saturated rings. The molecule has 0 saturated carbocycles. The molecule has 58 valence electrons. The highest BCUT2D eigenvalue weighted by Crippen LogP contribution is 2.40. The first-order valence-electron chi connectivity index (χ1n) is 4.46. The third kappa shape index (κ3) is 0.800. The largest absolute Gasteiger partial charge is 0.298 e. The highest BCUT2D eigenvalue weighted by atomic mass is 15.2. The maximum absolute atomic E-state index is 2.68. The van der Waals surface area contributed by atoms with Gasteiger partial charge in [-0.15, -0.1) is 0 Å². The number of hydrogen-bond acceptors (Lipinski definition) is 1. The Hall–Kier alpha value is -0.0400. The fourth-order valence-corrected chi connectivity index (χ4v) is 2.81. The van der Waals surface area contributed by atoms with Crippen LogP contribution in [0.4, 0.5) is 0 Å². The summed E-state index contributed by atoms with van der Waals surface area (Å²) in [5.74, 6) is 0.949. The topological polar surface area (TPSA) is 3.24 Å². The Kier molecular flexibility index (Phi) is 1.31. The van der Waals surface area contributed by atoms with Gasteiger partial charge in [0.1, 0.15) is 0 Å². The van der Waals surface area contributed by atoms with E-state index in [0.717, 1.165) is 5.92 Å². The smallest absolute Gasteiger partial charge is 0.0185 e. The van der Waals surface area contributed by atoms with Gasteiger partial charge in [0.2, 0.25) is 0 Å². The first kappa shape index (κ1) is 6.66. The molecule has 2 atom stereocenters. The highest BCUT2D eigenvalue weighted by Gasteiger charge is 2.42. The van der Waals surface area contributed by atoms with Gasteiger partial charge in [-0.2, -0.15) is 0 Å². The van der Waals surface area contributed by atoms with E-state index in [9.17, 15) is 0 Å². The summed E-state index contributed by atoms with van der Waals surface area (Å²) in [6, 6.07) is 0. The van der Waals surface area contributed by atoms with Crippen molar-refractivity contribution in [3.63, 3.8) is 0 Å². The summed E-state index contributed by atoms with van der Waals surface area (Å²) in [7, 11) is 0. The van der Waals surface area contributed by atoms with E-state index < -0.39 is 0 Å². The number of hydrogen-bond donors (Lipinski definition) is 0. The van der Waals surface area contributed by atoms with Gasteiger partial charge in [0.25, 0.3) is 0 Å². The van der Waals surface area contributed by atoms with Crippen molar-refractivity contribution in [3.05, 3.63) is 0 Å². The van der Waals surface area contributed by atoms with Crippen LogP contribution in [0.1, 0.15) is 33.1 Å². The van der Waals surface area contributed by atoms with Crippen LogP contribution in [0.5, 0.6) is 0 Å². The van der Waals surface area contributed by atoms with Gasteiger partial charge in [-0.1, -0.05) is 6.92 Å². The fraction of sp³-hybridized carbons (Fsp3) is 1.00. The second-order valence-corrected chi connectivity index (χ2v) is 4.36. The van der Waals surface area contributed by atoms with Crippen LogP contribution < -0.4 is 0 Å². The molecule has 0 radical (unpaired) electrons. The van der Waals surface area contributed by atoms with Crippen LogP contribution in [0.2, 0.25) is 0 Å². The van der Waals surface area contributed by atoms with Gasteiger partial charge in [0.15, 0.2) is 0 Å². The minimum absolute atomic E-state index is 0.611. The Morgan fingerprint density at radius 3 is 3.00 bits per heavy atom. The Balaban J connectivity index is 2.15. The molecule has 0 bridgehead atoms. The van der Waals surface area contributed by atoms with E-state index in [0.29, 0.717) is 5.54 Å². The first-order chi connectivity index (χ1) is 4.71. The van der Waals surface area contributed by atoms with Crippen LogP contribution in [-0.4, -0.2) is 23.5 Å². The molecule has 0 aromatic heterocycles. The lowest BCUT2D eigenvalue weighted by Gasteiger charge is -2.26. The van der Waals surface area contributed by atoms with Crippen molar-refractivity contribution in [2.75, 3.05) is 13.1 Å². The summed E-state index contributed by atoms with van der Waals surface area (Å²) in [5.41, 5.74) is 0.611. The average Bonchev–Trinajstić information content (AvgIpc) is 2.20. The third-order valence-corrected chi connectivity index (χ3v) is 3.23. The first-order valence-corrected chi connectivity index (χ1v) is 4.46. The Morgan fingerprint density at radius 1 is 1.50 bits per heavy atom.